The number of rotatable bonds is 1. The van der Waals surface area contributed by atoms with Gasteiger partial charge in [0.05, 0.1) is 18.3 Å². The van der Waals surface area contributed by atoms with Crippen LogP contribution in [-0.2, 0) is 4.79 Å². The van der Waals surface area contributed by atoms with Gasteiger partial charge >= 0.3 is 0 Å². The topological polar surface area (TPSA) is 35.6 Å². The fourth-order valence-corrected chi connectivity index (χ4v) is 2.73. The summed E-state index contributed by atoms with van der Waals surface area (Å²) >= 11 is 0. The van der Waals surface area contributed by atoms with Crippen molar-refractivity contribution in [2.75, 3.05) is 37.6 Å². The molecule has 2 saturated heterocycles. The van der Waals surface area contributed by atoms with Gasteiger partial charge in [-0.25, -0.2) is 4.39 Å². The van der Waals surface area contributed by atoms with Crippen LogP contribution in [0.25, 0.3) is 0 Å². The van der Waals surface area contributed by atoms with Gasteiger partial charge < -0.3 is 15.1 Å². The first-order valence-electron chi connectivity index (χ1n) is 6.25. The fourth-order valence-electron chi connectivity index (χ4n) is 2.73. The molecular formula is C13H16FN3O. The highest BCUT2D eigenvalue weighted by atomic mass is 19.1. The van der Waals surface area contributed by atoms with E-state index in [1.807, 2.05) is 15.9 Å². The van der Waals surface area contributed by atoms with Gasteiger partial charge in [0, 0.05) is 26.2 Å². The second-order valence-corrected chi connectivity index (χ2v) is 4.77. The minimum absolute atomic E-state index is 0.152. The zero-order valence-corrected chi connectivity index (χ0v) is 10.1. The molecule has 0 spiro atoms. The predicted molar refractivity (Wildman–Crippen MR) is 67.0 cm³/mol. The van der Waals surface area contributed by atoms with Crippen LogP contribution in [0.4, 0.5) is 10.1 Å². The summed E-state index contributed by atoms with van der Waals surface area (Å²) in [7, 11) is 0. The normalized spacial score (nSPS) is 24.1. The highest BCUT2D eigenvalue weighted by molar-refractivity contribution is 5.79. The van der Waals surface area contributed by atoms with Crippen molar-refractivity contribution in [3.63, 3.8) is 0 Å². The highest BCUT2D eigenvalue weighted by Crippen LogP contribution is 2.22. The molecule has 0 aromatic heterocycles. The lowest BCUT2D eigenvalue weighted by atomic mass is 10.1. The highest BCUT2D eigenvalue weighted by Gasteiger charge is 2.33. The Hall–Kier alpha value is -1.62. The summed E-state index contributed by atoms with van der Waals surface area (Å²) in [4.78, 5) is 15.6. The van der Waals surface area contributed by atoms with E-state index in [4.69, 9.17) is 0 Å². The van der Waals surface area contributed by atoms with Crippen LogP contribution in [0.2, 0.25) is 0 Å². The molecule has 2 aliphatic heterocycles. The predicted octanol–water partition coefficient (Wildman–Crippen LogP) is 0.446. The minimum atomic E-state index is -0.193. The quantitative estimate of drug-likeness (QED) is 0.785. The van der Waals surface area contributed by atoms with E-state index < -0.39 is 0 Å². The second kappa shape index (κ2) is 4.57. The standard InChI is InChI=1S/C13H16FN3O/c14-11-3-1-2-4-12(11)16-5-6-17-10(9-16)7-15-8-13(17)18/h1-4,10,15H,5-9H2. The van der Waals surface area contributed by atoms with Crippen LogP contribution >= 0.6 is 0 Å². The number of anilines is 1. The van der Waals surface area contributed by atoms with Gasteiger partial charge in [-0.05, 0) is 12.1 Å². The summed E-state index contributed by atoms with van der Waals surface area (Å²) in [6, 6.07) is 6.96. The minimum Gasteiger partial charge on any atom is -0.365 e. The third kappa shape index (κ3) is 1.95. The van der Waals surface area contributed by atoms with Crippen molar-refractivity contribution in [1.29, 1.82) is 0 Å². The van der Waals surface area contributed by atoms with E-state index in [1.165, 1.54) is 6.07 Å². The first kappa shape index (κ1) is 11.5. The Bertz CT molecular complexity index is 465. The molecule has 2 heterocycles. The molecule has 1 atom stereocenters. The number of halogens is 1. The van der Waals surface area contributed by atoms with Crippen LogP contribution in [0.15, 0.2) is 24.3 Å². The number of hydrogen-bond acceptors (Lipinski definition) is 3. The number of hydrogen-bond donors (Lipinski definition) is 1. The monoisotopic (exact) mass is 249 g/mol. The average molecular weight is 249 g/mol. The molecule has 1 amide bonds. The van der Waals surface area contributed by atoms with E-state index >= 15 is 0 Å². The number of amides is 1. The zero-order valence-electron chi connectivity index (χ0n) is 10.1. The molecule has 0 radical (unpaired) electrons. The lowest BCUT2D eigenvalue weighted by molar-refractivity contribution is -0.135. The number of carbonyl (C=O) groups is 1. The number of benzene rings is 1. The van der Waals surface area contributed by atoms with Crippen LogP contribution in [0.5, 0.6) is 0 Å². The summed E-state index contributed by atoms with van der Waals surface area (Å²) < 4.78 is 13.7. The lowest BCUT2D eigenvalue weighted by Crippen LogP contribution is -2.63. The maximum Gasteiger partial charge on any atom is 0.236 e. The number of carbonyl (C=O) groups excluding carboxylic acids is 1. The van der Waals surface area contributed by atoms with Gasteiger partial charge in [-0.3, -0.25) is 4.79 Å². The molecule has 96 valence electrons. The Morgan fingerprint density at radius 1 is 1.28 bits per heavy atom. The van der Waals surface area contributed by atoms with Gasteiger partial charge in [0.1, 0.15) is 5.82 Å². The third-order valence-corrected chi connectivity index (χ3v) is 3.65. The number of fused-ring (bicyclic) bond motifs is 1. The van der Waals surface area contributed by atoms with Crippen molar-refractivity contribution in [2.45, 2.75) is 6.04 Å². The van der Waals surface area contributed by atoms with Crippen LogP contribution in [0.1, 0.15) is 0 Å². The van der Waals surface area contributed by atoms with Crippen molar-refractivity contribution >= 4 is 11.6 Å². The average Bonchev–Trinajstić information content (AvgIpc) is 2.39. The number of piperazine rings is 2. The molecule has 2 aliphatic rings. The van der Waals surface area contributed by atoms with Crippen LogP contribution in [0, 0.1) is 5.82 Å². The van der Waals surface area contributed by atoms with Gasteiger partial charge in [-0.15, -0.1) is 0 Å². The maximum atomic E-state index is 13.7. The van der Waals surface area contributed by atoms with E-state index in [0.717, 1.165) is 6.54 Å². The summed E-state index contributed by atoms with van der Waals surface area (Å²) in [5, 5.41) is 3.11. The SMILES string of the molecule is O=C1CNCC2CN(c3ccccc3F)CCN12. The Morgan fingerprint density at radius 2 is 2.11 bits per heavy atom. The summed E-state index contributed by atoms with van der Waals surface area (Å²) in [5.74, 6) is -0.0412. The molecule has 4 nitrogen and oxygen atoms in total. The fraction of sp³-hybridized carbons (Fsp3) is 0.462. The third-order valence-electron chi connectivity index (χ3n) is 3.65. The number of para-hydroxylation sites is 1. The molecule has 1 aromatic rings. The Kier molecular flexibility index (Phi) is 2.91. The van der Waals surface area contributed by atoms with Crippen LogP contribution in [0.3, 0.4) is 0 Å². The summed E-state index contributed by atoms with van der Waals surface area (Å²) in [5.41, 5.74) is 0.634. The molecule has 18 heavy (non-hydrogen) atoms. The molecule has 3 rings (SSSR count). The van der Waals surface area contributed by atoms with Gasteiger partial charge in [-0.2, -0.15) is 0 Å². The number of nitrogens with zero attached hydrogens (tertiary/aromatic N) is 2. The van der Waals surface area contributed by atoms with Gasteiger partial charge in [-0.1, -0.05) is 12.1 Å². The van der Waals surface area contributed by atoms with E-state index in [9.17, 15) is 9.18 Å². The molecular weight excluding hydrogens is 233 g/mol. The van der Waals surface area contributed by atoms with Gasteiger partial charge in [0.15, 0.2) is 0 Å². The first-order chi connectivity index (χ1) is 8.75. The summed E-state index contributed by atoms with van der Waals surface area (Å²) in [6.45, 7) is 3.29. The van der Waals surface area contributed by atoms with Crippen molar-refractivity contribution in [3.05, 3.63) is 30.1 Å². The summed E-state index contributed by atoms with van der Waals surface area (Å²) in [6.07, 6.45) is 0. The molecule has 0 aliphatic carbocycles. The van der Waals surface area contributed by atoms with E-state index in [1.54, 1.807) is 12.1 Å². The van der Waals surface area contributed by atoms with Gasteiger partial charge in [0.25, 0.3) is 0 Å². The molecule has 5 heteroatoms. The number of nitrogens with one attached hydrogen (secondary N) is 1. The zero-order chi connectivity index (χ0) is 12.5. The molecule has 0 saturated carbocycles. The molecule has 1 aromatic carbocycles. The van der Waals surface area contributed by atoms with Crippen LogP contribution in [-0.4, -0.2) is 49.6 Å². The van der Waals surface area contributed by atoms with E-state index in [-0.39, 0.29) is 17.8 Å². The Morgan fingerprint density at radius 3 is 2.94 bits per heavy atom. The van der Waals surface area contributed by atoms with Crippen molar-refractivity contribution in [3.8, 4) is 0 Å². The lowest BCUT2D eigenvalue weighted by Gasteiger charge is -2.44. The second-order valence-electron chi connectivity index (χ2n) is 4.77. The van der Waals surface area contributed by atoms with Crippen LogP contribution < -0.4 is 10.2 Å². The molecule has 0 bridgehead atoms. The van der Waals surface area contributed by atoms with E-state index in [0.29, 0.717) is 31.9 Å². The molecule has 1 unspecified atom stereocenters. The largest absolute Gasteiger partial charge is 0.365 e. The van der Waals surface area contributed by atoms with Crippen molar-refractivity contribution in [1.82, 2.24) is 10.2 Å². The van der Waals surface area contributed by atoms with Crippen molar-refractivity contribution < 1.29 is 9.18 Å². The van der Waals surface area contributed by atoms with E-state index in [2.05, 4.69) is 5.32 Å². The van der Waals surface area contributed by atoms with Crippen molar-refractivity contribution in [2.24, 2.45) is 0 Å². The van der Waals surface area contributed by atoms with Gasteiger partial charge in [0.2, 0.25) is 5.91 Å². The maximum absolute atomic E-state index is 13.7. The Labute approximate surface area is 105 Å². The first-order valence-corrected chi connectivity index (χ1v) is 6.25. The molecule has 1 N–H and O–H groups in total. The molecule has 2 fully saturated rings. The smallest absolute Gasteiger partial charge is 0.236 e. The Balaban J connectivity index is 1.78.